The maximum atomic E-state index is 12.8. The van der Waals surface area contributed by atoms with Crippen LogP contribution in [0, 0.1) is 0 Å². The first-order valence-electron chi connectivity index (χ1n) is 7.51. The summed E-state index contributed by atoms with van der Waals surface area (Å²) in [5.41, 5.74) is 1.29. The Labute approximate surface area is 141 Å². The highest BCUT2D eigenvalue weighted by atomic mass is 32.2. The van der Waals surface area contributed by atoms with Crippen molar-refractivity contribution in [1.29, 1.82) is 0 Å². The van der Waals surface area contributed by atoms with Gasteiger partial charge < -0.3 is 4.74 Å². The molecular weight excluding hydrogens is 324 g/mol. The number of rotatable bonds is 5. The third kappa shape index (κ3) is 3.25. The Morgan fingerprint density at radius 2 is 1.83 bits per heavy atom. The second-order valence-corrected chi connectivity index (χ2v) is 7.13. The fraction of sp³-hybridized carbons (Fsp3) is 0.167. The number of ether oxygens (including phenoxy) is 1. The predicted octanol–water partition coefficient (Wildman–Crippen LogP) is 3.28. The van der Waals surface area contributed by atoms with Gasteiger partial charge in [0, 0.05) is 17.6 Å². The molecule has 0 bridgehead atoms. The average Bonchev–Trinajstić information content (AvgIpc) is 2.61. The minimum Gasteiger partial charge on any atom is -0.497 e. The zero-order chi connectivity index (χ0) is 17.2. The van der Waals surface area contributed by atoms with Gasteiger partial charge in [0.15, 0.2) is 0 Å². The number of nitrogens with zero attached hydrogens (tertiary/aromatic N) is 1. The van der Waals surface area contributed by atoms with Crippen molar-refractivity contribution < 1.29 is 13.2 Å². The summed E-state index contributed by atoms with van der Waals surface area (Å²) in [6, 6.07) is 15.7. The standard InChI is InChI=1S/C18H18N2O3S/c1-13(15-7-3-9-16(12-15)23-2)20-24(21,22)17-10-4-6-14-8-5-11-19-18(14)17/h3-13,20H,1-2H3. The van der Waals surface area contributed by atoms with Crippen LogP contribution in [0.1, 0.15) is 18.5 Å². The zero-order valence-corrected chi connectivity index (χ0v) is 14.2. The molecule has 0 spiro atoms. The first-order chi connectivity index (χ1) is 11.5. The van der Waals surface area contributed by atoms with Gasteiger partial charge in [0.05, 0.1) is 12.6 Å². The number of fused-ring (bicyclic) bond motifs is 1. The van der Waals surface area contributed by atoms with E-state index in [4.69, 9.17) is 4.74 Å². The largest absolute Gasteiger partial charge is 0.497 e. The maximum Gasteiger partial charge on any atom is 0.243 e. The molecule has 0 amide bonds. The quantitative estimate of drug-likeness (QED) is 0.772. The Morgan fingerprint density at radius 1 is 1.08 bits per heavy atom. The van der Waals surface area contributed by atoms with E-state index in [0.717, 1.165) is 10.9 Å². The van der Waals surface area contributed by atoms with E-state index in [-0.39, 0.29) is 4.90 Å². The number of hydrogen-bond acceptors (Lipinski definition) is 4. The summed E-state index contributed by atoms with van der Waals surface area (Å²) in [7, 11) is -2.13. The summed E-state index contributed by atoms with van der Waals surface area (Å²) < 4.78 is 33.5. The summed E-state index contributed by atoms with van der Waals surface area (Å²) >= 11 is 0. The van der Waals surface area contributed by atoms with E-state index in [1.807, 2.05) is 36.4 Å². The molecule has 1 atom stereocenters. The number of methoxy groups -OCH3 is 1. The van der Waals surface area contributed by atoms with E-state index in [2.05, 4.69) is 9.71 Å². The second kappa shape index (κ2) is 6.59. The van der Waals surface area contributed by atoms with Crippen molar-refractivity contribution in [3.63, 3.8) is 0 Å². The van der Waals surface area contributed by atoms with Gasteiger partial charge in [0.2, 0.25) is 10.0 Å². The molecule has 6 heteroatoms. The van der Waals surface area contributed by atoms with Crippen molar-refractivity contribution in [2.75, 3.05) is 7.11 Å². The first kappa shape index (κ1) is 16.4. The van der Waals surface area contributed by atoms with Gasteiger partial charge in [-0.15, -0.1) is 0 Å². The van der Waals surface area contributed by atoms with Crippen LogP contribution in [-0.2, 0) is 10.0 Å². The van der Waals surface area contributed by atoms with E-state index >= 15 is 0 Å². The van der Waals surface area contributed by atoms with Gasteiger partial charge in [0.1, 0.15) is 10.6 Å². The molecule has 0 aliphatic carbocycles. The Bertz CT molecular complexity index is 965. The van der Waals surface area contributed by atoms with Gasteiger partial charge in [0.25, 0.3) is 0 Å². The SMILES string of the molecule is COc1cccc(C(C)NS(=O)(=O)c2cccc3cccnc23)c1. The lowest BCUT2D eigenvalue weighted by Crippen LogP contribution is -2.27. The van der Waals surface area contributed by atoms with Gasteiger partial charge in [-0.25, -0.2) is 13.1 Å². The molecule has 1 aromatic heterocycles. The molecular formula is C18H18N2O3S. The van der Waals surface area contributed by atoms with E-state index in [1.54, 1.807) is 38.4 Å². The van der Waals surface area contributed by atoms with Gasteiger partial charge in [-0.3, -0.25) is 4.98 Å². The first-order valence-corrected chi connectivity index (χ1v) is 8.99. The molecule has 1 unspecified atom stereocenters. The molecule has 3 rings (SSSR count). The minimum atomic E-state index is -3.71. The van der Waals surface area contributed by atoms with Crippen molar-refractivity contribution in [1.82, 2.24) is 9.71 Å². The molecule has 0 fully saturated rings. The molecule has 1 heterocycles. The van der Waals surface area contributed by atoms with Crippen LogP contribution in [0.5, 0.6) is 5.75 Å². The van der Waals surface area contributed by atoms with Crippen molar-refractivity contribution >= 4 is 20.9 Å². The fourth-order valence-corrected chi connectivity index (χ4v) is 3.98. The Morgan fingerprint density at radius 3 is 2.62 bits per heavy atom. The number of sulfonamides is 1. The maximum absolute atomic E-state index is 12.8. The Hall–Kier alpha value is -2.44. The number of pyridine rings is 1. The van der Waals surface area contributed by atoms with Crippen LogP contribution < -0.4 is 9.46 Å². The van der Waals surface area contributed by atoms with Gasteiger partial charge in [-0.1, -0.05) is 30.3 Å². The van der Waals surface area contributed by atoms with Gasteiger partial charge >= 0.3 is 0 Å². The normalized spacial score (nSPS) is 12.9. The highest BCUT2D eigenvalue weighted by molar-refractivity contribution is 7.89. The van der Waals surface area contributed by atoms with Crippen molar-refractivity contribution in [2.24, 2.45) is 0 Å². The van der Waals surface area contributed by atoms with Gasteiger partial charge in [-0.05, 0) is 36.8 Å². The Kier molecular flexibility index (Phi) is 4.51. The smallest absolute Gasteiger partial charge is 0.243 e. The molecule has 0 saturated carbocycles. The van der Waals surface area contributed by atoms with Crippen molar-refractivity contribution in [3.8, 4) is 5.75 Å². The molecule has 5 nitrogen and oxygen atoms in total. The average molecular weight is 342 g/mol. The molecule has 0 aliphatic rings. The van der Waals surface area contributed by atoms with E-state index < -0.39 is 16.1 Å². The van der Waals surface area contributed by atoms with Crippen molar-refractivity contribution in [3.05, 3.63) is 66.4 Å². The number of nitrogens with one attached hydrogen (secondary N) is 1. The minimum absolute atomic E-state index is 0.176. The molecule has 0 aliphatic heterocycles. The molecule has 24 heavy (non-hydrogen) atoms. The lowest BCUT2D eigenvalue weighted by Gasteiger charge is -2.16. The number of para-hydroxylation sites is 1. The highest BCUT2D eigenvalue weighted by Crippen LogP contribution is 2.24. The molecule has 0 radical (unpaired) electrons. The second-order valence-electron chi connectivity index (χ2n) is 5.45. The van der Waals surface area contributed by atoms with E-state index in [1.165, 1.54) is 0 Å². The van der Waals surface area contributed by atoms with Crippen LogP contribution in [0.25, 0.3) is 10.9 Å². The van der Waals surface area contributed by atoms with Gasteiger partial charge in [-0.2, -0.15) is 0 Å². The van der Waals surface area contributed by atoms with Crippen LogP contribution in [0.4, 0.5) is 0 Å². The lowest BCUT2D eigenvalue weighted by atomic mass is 10.1. The number of aromatic nitrogens is 1. The van der Waals surface area contributed by atoms with E-state index in [0.29, 0.717) is 11.3 Å². The van der Waals surface area contributed by atoms with E-state index in [9.17, 15) is 8.42 Å². The molecule has 1 N–H and O–H groups in total. The summed E-state index contributed by atoms with van der Waals surface area (Å²) in [4.78, 5) is 4.39. The Balaban J connectivity index is 1.95. The van der Waals surface area contributed by atoms with Crippen LogP contribution in [-0.4, -0.2) is 20.5 Å². The third-order valence-corrected chi connectivity index (χ3v) is 5.38. The third-order valence-electron chi connectivity index (χ3n) is 3.81. The highest BCUT2D eigenvalue weighted by Gasteiger charge is 2.21. The number of hydrogen-bond donors (Lipinski definition) is 1. The molecule has 124 valence electrons. The molecule has 3 aromatic rings. The summed E-state index contributed by atoms with van der Waals surface area (Å²) in [6.07, 6.45) is 1.59. The monoisotopic (exact) mass is 342 g/mol. The lowest BCUT2D eigenvalue weighted by molar-refractivity contribution is 0.413. The predicted molar refractivity (Wildman–Crippen MR) is 93.5 cm³/mol. The van der Waals surface area contributed by atoms with Crippen LogP contribution in [0.15, 0.2) is 65.7 Å². The molecule has 2 aromatic carbocycles. The molecule has 0 saturated heterocycles. The van der Waals surface area contributed by atoms with Crippen LogP contribution in [0.3, 0.4) is 0 Å². The zero-order valence-electron chi connectivity index (χ0n) is 13.4. The topological polar surface area (TPSA) is 68.3 Å². The summed E-state index contributed by atoms with van der Waals surface area (Å²) in [5.74, 6) is 0.686. The van der Waals surface area contributed by atoms with Crippen LogP contribution >= 0.6 is 0 Å². The number of benzene rings is 2. The fourth-order valence-electron chi connectivity index (χ4n) is 2.57. The van der Waals surface area contributed by atoms with Crippen molar-refractivity contribution in [2.45, 2.75) is 17.9 Å². The summed E-state index contributed by atoms with van der Waals surface area (Å²) in [5, 5.41) is 0.786. The summed E-state index contributed by atoms with van der Waals surface area (Å²) in [6.45, 7) is 1.80. The van der Waals surface area contributed by atoms with Crippen LogP contribution in [0.2, 0.25) is 0 Å².